The number of hydrogen-bond donors (Lipinski definition) is 2. The first-order valence-corrected chi connectivity index (χ1v) is 6.41. The van der Waals surface area contributed by atoms with Crippen LogP contribution in [-0.2, 0) is 17.6 Å². The van der Waals surface area contributed by atoms with Crippen molar-refractivity contribution in [1.29, 1.82) is 0 Å². The fourth-order valence-corrected chi connectivity index (χ4v) is 2.55. The molecule has 7 heteroatoms. The SMILES string of the molecule is Cl.Cl.Nc1cccc2c1CCCN2C(=O)Cc1ccn[nH]1. The number of benzene rings is 1. The molecular weight excluding hydrogens is 311 g/mol. The minimum absolute atomic E-state index is 0. The van der Waals surface area contributed by atoms with E-state index in [1.807, 2.05) is 29.2 Å². The number of hydrogen-bond acceptors (Lipinski definition) is 3. The lowest BCUT2D eigenvalue weighted by Crippen LogP contribution is -2.36. The standard InChI is InChI=1S/C14H16N4O.2ClH/c15-12-4-1-5-13-11(12)3-2-8-18(13)14(19)9-10-6-7-16-17-10;;/h1,4-7H,2-3,8-9,15H2,(H,16,17);2*1H. The minimum atomic E-state index is 0. The zero-order valence-corrected chi connectivity index (χ0v) is 13.0. The number of halogens is 2. The molecule has 0 bridgehead atoms. The van der Waals surface area contributed by atoms with Crippen molar-refractivity contribution in [2.24, 2.45) is 0 Å². The van der Waals surface area contributed by atoms with Crippen LogP contribution in [0.15, 0.2) is 30.5 Å². The summed E-state index contributed by atoms with van der Waals surface area (Å²) < 4.78 is 0. The lowest BCUT2D eigenvalue weighted by molar-refractivity contribution is -0.118. The molecule has 1 aliphatic heterocycles. The average Bonchev–Trinajstić information content (AvgIpc) is 2.91. The van der Waals surface area contributed by atoms with E-state index in [0.717, 1.165) is 42.0 Å². The van der Waals surface area contributed by atoms with E-state index in [-0.39, 0.29) is 30.7 Å². The molecule has 21 heavy (non-hydrogen) atoms. The van der Waals surface area contributed by atoms with Crippen LogP contribution in [0.25, 0.3) is 0 Å². The Labute approximate surface area is 135 Å². The summed E-state index contributed by atoms with van der Waals surface area (Å²) in [6.07, 6.45) is 3.89. The third-order valence-electron chi connectivity index (χ3n) is 3.49. The van der Waals surface area contributed by atoms with Gasteiger partial charge in [-0.25, -0.2) is 0 Å². The Morgan fingerprint density at radius 1 is 1.33 bits per heavy atom. The first kappa shape index (κ1) is 17.3. The summed E-state index contributed by atoms with van der Waals surface area (Å²) in [4.78, 5) is 14.2. The van der Waals surface area contributed by atoms with Gasteiger partial charge < -0.3 is 10.6 Å². The summed E-state index contributed by atoms with van der Waals surface area (Å²) in [5, 5.41) is 6.68. The number of carbonyl (C=O) groups excluding carboxylic acids is 1. The van der Waals surface area contributed by atoms with Crippen LogP contribution < -0.4 is 10.6 Å². The number of carbonyl (C=O) groups is 1. The molecule has 0 atom stereocenters. The third-order valence-corrected chi connectivity index (χ3v) is 3.49. The molecule has 2 aromatic rings. The van der Waals surface area contributed by atoms with Gasteiger partial charge in [0, 0.05) is 29.8 Å². The second kappa shape index (κ2) is 7.33. The number of nitrogens with zero attached hydrogens (tertiary/aromatic N) is 2. The number of fused-ring (bicyclic) bond motifs is 1. The number of aromatic nitrogens is 2. The first-order valence-electron chi connectivity index (χ1n) is 6.41. The number of amides is 1. The molecule has 0 spiro atoms. The molecule has 0 saturated carbocycles. The molecule has 0 fully saturated rings. The van der Waals surface area contributed by atoms with E-state index in [9.17, 15) is 4.79 Å². The molecule has 3 rings (SSSR count). The molecule has 0 unspecified atom stereocenters. The minimum Gasteiger partial charge on any atom is -0.398 e. The van der Waals surface area contributed by atoms with E-state index in [4.69, 9.17) is 5.73 Å². The second-order valence-electron chi connectivity index (χ2n) is 4.75. The predicted octanol–water partition coefficient (Wildman–Crippen LogP) is 2.36. The Bertz CT molecular complexity index is 601. The quantitative estimate of drug-likeness (QED) is 0.831. The number of nitrogens with two attached hydrogens (primary N) is 1. The van der Waals surface area contributed by atoms with Gasteiger partial charge in [-0.05, 0) is 36.6 Å². The Hall–Kier alpha value is -1.72. The van der Waals surface area contributed by atoms with Gasteiger partial charge in [-0.15, -0.1) is 24.8 Å². The van der Waals surface area contributed by atoms with Crippen molar-refractivity contribution in [3.8, 4) is 0 Å². The van der Waals surface area contributed by atoms with Crippen LogP contribution in [0.1, 0.15) is 17.7 Å². The van der Waals surface area contributed by atoms with E-state index in [2.05, 4.69) is 10.2 Å². The van der Waals surface area contributed by atoms with Gasteiger partial charge in [-0.1, -0.05) is 6.07 Å². The summed E-state index contributed by atoms with van der Waals surface area (Å²) in [7, 11) is 0. The molecule has 1 aromatic heterocycles. The fraction of sp³-hybridized carbons (Fsp3) is 0.286. The van der Waals surface area contributed by atoms with Crippen molar-refractivity contribution in [2.45, 2.75) is 19.3 Å². The van der Waals surface area contributed by atoms with Crippen molar-refractivity contribution in [1.82, 2.24) is 10.2 Å². The van der Waals surface area contributed by atoms with Gasteiger partial charge in [0.2, 0.25) is 5.91 Å². The van der Waals surface area contributed by atoms with Gasteiger partial charge >= 0.3 is 0 Å². The summed E-state index contributed by atoms with van der Waals surface area (Å²) >= 11 is 0. The fourth-order valence-electron chi connectivity index (χ4n) is 2.55. The molecule has 0 radical (unpaired) electrons. The van der Waals surface area contributed by atoms with Crippen LogP contribution in [0, 0.1) is 0 Å². The average molecular weight is 329 g/mol. The number of rotatable bonds is 2. The lowest BCUT2D eigenvalue weighted by Gasteiger charge is -2.30. The van der Waals surface area contributed by atoms with E-state index in [1.165, 1.54) is 0 Å². The number of nitrogens with one attached hydrogen (secondary N) is 1. The van der Waals surface area contributed by atoms with Crippen LogP contribution in [-0.4, -0.2) is 22.6 Å². The Kier molecular flexibility index (Phi) is 6.05. The maximum absolute atomic E-state index is 12.4. The molecule has 1 aromatic carbocycles. The van der Waals surface area contributed by atoms with Gasteiger partial charge in [0.25, 0.3) is 0 Å². The summed E-state index contributed by atoms with van der Waals surface area (Å²) in [5.41, 5.74) is 9.64. The van der Waals surface area contributed by atoms with Crippen molar-refractivity contribution in [2.75, 3.05) is 17.2 Å². The number of H-pyrrole nitrogens is 1. The van der Waals surface area contributed by atoms with Gasteiger partial charge in [0.05, 0.1) is 6.42 Å². The normalized spacial score (nSPS) is 12.9. The van der Waals surface area contributed by atoms with E-state index < -0.39 is 0 Å². The summed E-state index contributed by atoms with van der Waals surface area (Å²) in [5.74, 6) is 0.0794. The molecule has 1 amide bonds. The lowest BCUT2D eigenvalue weighted by atomic mass is 9.99. The van der Waals surface area contributed by atoms with Gasteiger partial charge in [-0.2, -0.15) is 5.10 Å². The maximum Gasteiger partial charge on any atom is 0.232 e. The van der Waals surface area contributed by atoms with E-state index in [1.54, 1.807) is 6.20 Å². The number of nitrogen functional groups attached to an aromatic ring is 1. The summed E-state index contributed by atoms with van der Waals surface area (Å²) in [6, 6.07) is 7.58. The molecule has 114 valence electrons. The van der Waals surface area contributed by atoms with Gasteiger partial charge in [0.1, 0.15) is 0 Å². The highest BCUT2D eigenvalue weighted by Crippen LogP contribution is 2.31. The molecule has 3 N–H and O–H groups in total. The highest BCUT2D eigenvalue weighted by molar-refractivity contribution is 5.96. The third kappa shape index (κ3) is 3.49. The number of anilines is 2. The largest absolute Gasteiger partial charge is 0.398 e. The highest BCUT2D eigenvalue weighted by atomic mass is 35.5. The maximum atomic E-state index is 12.4. The molecule has 5 nitrogen and oxygen atoms in total. The van der Waals surface area contributed by atoms with Crippen molar-refractivity contribution in [3.05, 3.63) is 41.7 Å². The molecule has 0 saturated heterocycles. The molecule has 0 aliphatic carbocycles. The van der Waals surface area contributed by atoms with Crippen molar-refractivity contribution >= 4 is 42.1 Å². The molecular formula is C14H18Cl2N4O. The van der Waals surface area contributed by atoms with Gasteiger partial charge in [0.15, 0.2) is 0 Å². The molecule has 2 heterocycles. The van der Waals surface area contributed by atoms with Crippen molar-refractivity contribution < 1.29 is 4.79 Å². The topological polar surface area (TPSA) is 75.0 Å². The van der Waals surface area contributed by atoms with E-state index in [0.29, 0.717) is 6.42 Å². The van der Waals surface area contributed by atoms with E-state index >= 15 is 0 Å². The smallest absolute Gasteiger partial charge is 0.232 e. The Morgan fingerprint density at radius 2 is 2.14 bits per heavy atom. The van der Waals surface area contributed by atoms with Crippen LogP contribution >= 0.6 is 24.8 Å². The zero-order valence-electron chi connectivity index (χ0n) is 11.4. The highest BCUT2D eigenvalue weighted by Gasteiger charge is 2.23. The Morgan fingerprint density at radius 3 is 2.86 bits per heavy atom. The van der Waals surface area contributed by atoms with Crippen LogP contribution in [0.2, 0.25) is 0 Å². The van der Waals surface area contributed by atoms with Crippen LogP contribution in [0.4, 0.5) is 11.4 Å². The first-order chi connectivity index (χ1) is 9.25. The summed E-state index contributed by atoms with van der Waals surface area (Å²) in [6.45, 7) is 0.753. The zero-order chi connectivity index (χ0) is 13.2. The monoisotopic (exact) mass is 328 g/mol. The second-order valence-corrected chi connectivity index (χ2v) is 4.75. The predicted molar refractivity (Wildman–Crippen MR) is 88.3 cm³/mol. The molecule has 1 aliphatic rings. The van der Waals surface area contributed by atoms with Crippen molar-refractivity contribution in [3.63, 3.8) is 0 Å². The van der Waals surface area contributed by atoms with Crippen LogP contribution in [0.3, 0.4) is 0 Å². The Balaban J connectivity index is 0.00000110. The van der Waals surface area contributed by atoms with Crippen LogP contribution in [0.5, 0.6) is 0 Å². The number of aromatic amines is 1. The van der Waals surface area contributed by atoms with Gasteiger partial charge in [-0.3, -0.25) is 9.89 Å².